The summed E-state index contributed by atoms with van der Waals surface area (Å²) in [7, 11) is 0. The number of urea groups is 1. The number of anilines is 1. The molecule has 0 radical (unpaired) electrons. The molecule has 0 aromatic heterocycles. The molecule has 19 heavy (non-hydrogen) atoms. The van der Waals surface area contributed by atoms with E-state index in [1.807, 2.05) is 17.0 Å². The lowest BCUT2D eigenvalue weighted by Crippen LogP contribution is -2.36. The summed E-state index contributed by atoms with van der Waals surface area (Å²) >= 11 is 0. The van der Waals surface area contributed by atoms with E-state index in [2.05, 4.69) is 45.1 Å². The second kappa shape index (κ2) is 7.82. The molecular formula is C16H26N2O. The molecule has 0 unspecified atom stereocenters. The van der Waals surface area contributed by atoms with Crippen molar-refractivity contribution in [2.75, 3.05) is 18.4 Å². The average molecular weight is 262 g/mol. The van der Waals surface area contributed by atoms with Gasteiger partial charge in [-0.05, 0) is 36.5 Å². The van der Waals surface area contributed by atoms with E-state index in [0.717, 1.165) is 31.6 Å². The molecule has 1 aromatic rings. The third-order valence-electron chi connectivity index (χ3n) is 3.10. The molecule has 0 aliphatic heterocycles. The number of nitrogens with one attached hydrogen (secondary N) is 1. The summed E-state index contributed by atoms with van der Waals surface area (Å²) in [6, 6.07) is 8.10. The van der Waals surface area contributed by atoms with Gasteiger partial charge in [0.15, 0.2) is 0 Å². The highest BCUT2D eigenvalue weighted by Gasteiger charge is 2.11. The standard InChI is InChI=1S/C16H26N2O/c1-5-11-18(12-6-2)16(19)17-15-9-7-14(8-10-15)13(3)4/h7-10,13H,5-6,11-12H2,1-4H3,(H,17,19). The third-order valence-corrected chi connectivity index (χ3v) is 3.10. The minimum absolute atomic E-state index is 0.000923. The predicted molar refractivity (Wildman–Crippen MR) is 81.7 cm³/mol. The lowest BCUT2D eigenvalue weighted by atomic mass is 10.0. The molecule has 1 rings (SSSR count). The molecule has 0 atom stereocenters. The molecule has 2 amide bonds. The van der Waals surface area contributed by atoms with Gasteiger partial charge in [-0.15, -0.1) is 0 Å². The van der Waals surface area contributed by atoms with E-state index in [0.29, 0.717) is 5.92 Å². The van der Waals surface area contributed by atoms with Crippen LogP contribution in [-0.4, -0.2) is 24.0 Å². The summed E-state index contributed by atoms with van der Waals surface area (Å²) in [5.41, 5.74) is 2.16. The molecule has 0 spiro atoms. The van der Waals surface area contributed by atoms with E-state index < -0.39 is 0 Å². The number of nitrogens with zero attached hydrogens (tertiary/aromatic N) is 1. The number of carbonyl (C=O) groups excluding carboxylic acids is 1. The monoisotopic (exact) mass is 262 g/mol. The molecule has 3 nitrogen and oxygen atoms in total. The van der Waals surface area contributed by atoms with Crippen LogP contribution in [0, 0.1) is 0 Å². The largest absolute Gasteiger partial charge is 0.325 e. The zero-order valence-electron chi connectivity index (χ0n) is 12.6. The third kappa shape index (κ3) is 4.93. The number of carbonyl (C=O) groups is 1. The molecule has 3 heteroatoms. The smallest absolute Gasteiger partial charge is 0.321 e. The molecule has 0 saturated heterocycles. The summed E-state index contributed by atoms with van der Waals surface area (Å²) in [6.07, 6.45) is 1.97. The summed E-state index contributed by atoms with van der Waals surface area (Å²) < 4.78 is 0. The van der Waals surface area contributed by atoms with Crippen LogP contribution in [0.4, 0.5) is 10.5 Å². The van der Waals surface area contributed by atoms with Crippen LogP contribution < -0.4 is 5.32 Å². The van der Waals surface area contributed by atoms with Crippen LogP contribution in [0.1, 0.15) is 52.0 Å². The van der Waals surface area contributed by atoms with Gasteiger partial charge < -0.3 is 10.2 Å². The normalized spacial score (nSPS) is 10.6. The molecule has 0 heterocycles. The number of rotatable bonds is 6. The number of hydrogen-bond donors (Lipinski definition) is 1. The van der Waals surface area contributed by atoms with Crippen molar-refractivity contribution in [3.8, 4) is 0 Å². The van der Waals surface area contributed by atoms with Crippen LogP contribution >= 0.6 is 0 Å². The Hall–Kier alpha value is -1.51. The zero-order chi connectivity index (χ0) is 14.3. The summed E-state index contributed by atoms with van der Waals surface area (Å²) in [5, 5.41) is 2.96. The Morgan fingerprint density at radius 3 is 2.05 bits per heavy atom. The zero-order valence-corrected chi connectivity index (χ0v) is 12.6. The second-order valence-electron chi connectivity index (χ2n) is 5.19. The van der Waals surface area contributed by atoms with Crippen LogP contribution in [0.3, 0.4) is 0 Å². The van der Waals surface area contributed by atoms with Crippen molar-refractivity contribution in [1.29, 1.82) is 0 Å². The summed E-state index contributed by atoms with van der Waals surface area (Å²) in [6.45, 7) is 10.1. The van der Waals surface area contributed by atoms with E-state index in [1.165, 1.54) is 5.56 Å². The quantitative estimate of drug-likeness (QED) is 0.806. The van der Waals surface area contributed by atoms with Crippen LogP contribution in [-0.2, 0) is 0 Å². The number of amides is 2. The molecule has 0 aliphatic rings. The summed E-state index contributed by atoms with van der Waals surface area (Å²) in [5.74, 6) is 0.515. The Labute approximate surface area is 117 Å². The molecular weight excluding hydrogens is 236 g/mol. The first-order chi connectivity index (χ1) is 9.08. The maximum absolute atomic E-state index is 12.1. The fourth-order valence-corrected chi connectivity index (χ4v) is 2.01. The van der Waals surface area contributed by atoms with Crippen molar-refractivity contribution >= 4 is 11.7 Å². The van der Waals surface area contributed by atoms with E-state index in [-0.39, 0.29) is 6.03 Å². The minimum Gasteiger partial charge on any atom is -0.325 e. The van der Waals surface area contributed by atoms with Crippen molar-refractivity contribution in [3.63, 3.8) is 0 Å². The van der Waals surface area contributed by atoms with Gasteiger partial charge in [0.05, 0.1) is 0 Å². The molecule has 106 valence electrons. The van der Waals surface area contributed by atoms with E-state index in [4.69, 9.17) is 0 Å². The second-order valence-corrected chi connectivity index (χ2v) is 5.19. The van der Waals surface area contributed by atoms with Gasteiger partial charge in [-0.1, -0.05) is 39.8 Å². The topological polar surface area (TPSA) is 32.3 Å². The van der Waals surface area contributed by atoms with Gasteiger partial charge in [0.1, 0.15) is 0 Å². The Kier molecular flexibility index (Phi) is 6.40. The Morgan fingerprint density at radius 2 is 1.63 bits per heavy atom. The fourth-order valence-electron chi connectivity index (χ4n) is 2.01. The van der Waals surface area contributed by atoms with Gasteiger partial charge in [-0.2, -0.15) is 0 Å². The molecule has 0 aliphatic carbocycles. The van der Waals surface area contributed by atoms with E-state index in [1.54, 1.807) is 0 Å². The highest BCUT2D eigenvalue weighted by atomic mass is 16.2. The highest BCUT2D eigenvalue weighted by Crippen LogP contribution is 2.17. The van der Waals surface area contributed by atoms with Crippen LogP contribution in [0.2, 0.25) is 0 Å². The fraction of sp³-hybridized carbons (Fsp3) is 0.562. The van der Waals surface area contributed by atoms with Gasteiger partial charge in [0.25, 0.3) is 0 Å². The minimum atomic E-state index is 0.000923. The first kappa shape index (κ1) is 15.5. The predicted octanol–water partition coefficient (Wildman–Crippen LogP) is 4.46. The molecule has 0 fully saturated rings. The lowest BCUT2D eigenvalue weighted by molar-refractivity contribution is 0.211. The Balaban J connectivity index is 2.64. The van der Waals surface area contributed by atoms with Crippen molar-refractivity contribution in [1.82, 2.24) is 4.90 Å². The summed E-state index contributed by atoms with van der Waals surface area (Å²) in [4.78, 5) is 14.0. The highest BCUT2D eigenvalue weighted by molar-refractivity contribution is 5.89. The Bertz CT molecular complexity index is 378. The van der Waals surface area contributed by atoms with E-state index >= 15 is 0 Å². The maximum atomic E-state index is 12.1. The van der Waals surface area contributed by atoms with Gasteiger partial charge in [-0.3, -0.25) is 0 Å². The van der Waals surface area contributed by atoms with Crippen LogP contribution in [0.5, 0.6) is 0 Å². The first-order valence-corrected chi connectivity index (χ1v) is 7.24. The molecule has 1 aromatic carbocycles. The molecule has 0 saturated carbocycles. The lowest BCUT2D eigenvalue weighted by Gasteiger charge is -2.22. The van der Waals surface area contributed by atoms with Crippen molar-refractivity contribution in [3.05, 3.63) is 29.8 Å². The number of hydrogen-bond acceptors (Lipinski definition) is 1. The number of benzene rings is 1. The van der Waals surface area contributed by atoms with Gasteiger partial charge >= 0.3 is 6.03 Å². The van der Waals surface area contributed by atoms with Crippen molar-refractivity contribution in [2.24, 2.45) is 0 Å². The Morgan fingerprint density at radius 1 is 1.11 bits per heavy atom. The van der Waals surface area contributed by atoms with Gasteiger partial charge in [0.2, 0.25) is 0 Å². The first-order valence-electron chi connectivity index (χ1n) is 7.24. The maximum Gasteiger partial charge on any atom is 0.321 e. The molecule has 1 N–H and O–H groups in total. The van der Waals surface area contributed by atoms with Crippen molar-refractivity contribution in [2.45, 2.75) is 46.5 Å². The van der Waals surface area contributed by atoms with Gasteiger partial charge in [0, 0.05) is 18.8 Å². The van der Waals surface area contributed by atoms with Gasteiger partial charge in [-0.25, -0.2) is 4.79 Å². The molecule has 0 bridgehead atoms. The van der Waals surface area contributed by atoms with Crippen molar-refractivity contribution < 1.29 is 4.79 Å². The SMILES string of the molecule is CCCN(CCC)C(=O)Nc1ccc(C(C)C)cc1. The van der Waals surface area contributed by atoms with Crippen LogP contribution in [0.15, 0.2) is 24.3 Å². The average Bonchev–Trinajstić information content (AvgIpc) is 2.39. The van der Waals surface area contributed by atoms with E-state index in [9.17, 15) is 4.79 Å². The van der Waals surface area contributed by atoms with Crippen LogP contribution in [0.25, 0.3) is 0 Å².